The average molecular weight is 226 g/mol. The predicted molar refractivity (Wildman–Crippen MR) is 61.2 cm³/mol. The molecule has 0 bridgehead atoms. The molecule has 0 amide bonds. The van der Waals surface area contributed by atoms with Gasteiger partial charge in [-0.1, -0.05) is 29.3 Å². The predicted octanol–water partition coefficient (Wildman–Crippen LogP) is 3.37. The molecule has 0 aliphatic heterocycles. The van der Waals surface area contributed by atoms with E-state index in [0.29, 0.717) is 10.6 Å². The number of nitrogens with two attached hydrogens (primary N) is 1. The summed E-state index contributed by atoms with van der Waals surface area (Å²) in [4.78, 5) is 0. The molecule has 15 heavy (non-hydrogen) atoms. The van der Waals surface area contributed by atoms with Gasteiger partial charge in [-0.15, -0.1) is 0 Å². The first-order valence-electron chi connectivity index (χ1n) is 5.06. The SMILES string of the molecule is NC1CCC(=Cc2c(F)cccc2Cl)C1. The van der Waals surface area contributed by atoms with Crippen LogP contribution in [0.3, 0.4) is 0 Å². The maximum absolute atomic E-state index is 13.4. The highest BCUT2D eigenvalue weighted by atomic mass is 35.5. The Bertz CT molecular complexity index is 380. The van der Waals surface area contributed by atoms with E-state index in [9.17, 15) is 4.39 Å². The minimum atomic E-state index is -0.268. The highest BCUT2D eigenvalue weighted by Crippen LogP contribution is 2.28. The van der Waals surface area contributed by atoms with E-state index in [1.54, 1.807) is 12.1 Å². The molecule has 1 unspecified atom stereocenters. The molecule has 80 valence electrons. The van der Waals surface area contributed by atoms with Crippen molar-refractivity contribution in [2.75, 3.05) is 0 Å². The summed E-state index contributed by atoms with van der Waals surface area (Å²) in [5.74, 6) is -0.268. The number of rotatable bonds is 1. The molecule has 0 aromatic heterocycles. The maximum Gasteiger partial charge on any atom is 0.131 e. The second-order valence-corrected chi connectivity index (χ2v) is 4.35. The molecule has 1 nitrogen and oxygen atoms in total. The molecule has 2 rings (SSSR count). The summed E-state index contributed by atoms with van der Waals surface area (Å²) in [6.45, 7) is 0. The van der Waals surface area contributed by atoms with E-state index in [1.807, 2.05) is 6.08 Å². The van der Waals surface area contributed by atoms with Crippen molar-refractivity contribution in [3.63, 3.8) is 0 Å². The van der Waals surface area contributed by atoms with Crippen molar-refractivity contribution in [2.24, 2.45) is 5.73 Å². The normalized spacial score (nSPS) is 23.7. The molecule has 2 N–H and O–H groups in total. The van der Waals surface area contributed by atoms with Gasteiger partial charge in [-0.05, 0) is 31.4 Å². The van der Waals surface area contributed by atoms with E-state index in [1.165, 1.54) is 11.6 Å². The molecule has 3 heteroatoms. The van der Waals surface area contributed by atoms with Gasteiger partial charge < -0.3 is 5.73 Å². The molecular weight excluding hydrogens is 213 g/mol. The van der Waals surface area contributed by atoms with E-state index in [-0.39, 0.29) is 11.9 Å². The van der Waals surface area contributed by atoms with Crippen molar-refractivity contribution < 1.29 is 4.39 Å². The maximum atomic E-state index is 13.4. The lowest BCUT2D eigenvalue weighted by atomic mass is 10.1. The van der Waals surface area contributed by atoms with Gasteiger partial charge in [0.15, 0.2) is 0 Å². The van der Waals surface area contributed by atoms with Gasteiger partial charge in [0.25, 0.3) is 0 Å². The van der Waals surface area contributed by atoms with Crippen LogP contribution < -0.4 is 5.73 Å². The van der Waals surface area contributed by atoms with Gasteiger partial charge in [0.2, 0.25) is 0 Å². The van der Waals surface area contributed by atoms with Crippen molar-refractivity contribution in [2.45, 2.75) is 25.3 Å². The van der Waals surface area contributed by atoms with E-state index in [4.69, 9.17) is 17.3 Å². The quantitative estimate of drug-likeness (QED) is 0.779. The summed E-state index contributed by atoms with van der Waals surface area (Å²) in [7, 11) is 0. The molecule has 0 saturated heterocycles. The number of hydrogen-bond donors (Lipinski definition) is 1. The van der Waals surface area contributed by atoms with Crippen LogP contribution in [0.4, 0.5) is 4.39 Å². The van der Waals surface area contributed by atoms with Crippen LogP contribution in [-0.2, 0) is 0 Å². The Hall–Kier alpha value is -0.860. The molecule has 1 aromatic carbocycles. The van der Waals surface area contributed by atoms with E-state index < -0.39 is 0 Å². The first-order valence-corrected chi connectivity index (χ1v) is 5.43. The highest BCUT2D eigenvalue weighted by Gasteiger charge is 2.16. The van der Waals surface area contributed by atoms with Crippen LogP contribution in [0.15, 0.2) is 23.8 Å². The monoisotopic (exact) mass is 225 g/mol. The summed E-state index contributed by atoms with van der Waals surface area (Å²) < 4.78 is 13.4. The van der Waals surface area contributed by atoms with Gasteiger partial charge in [-0.25, -0.2) is 4.39 Å². The van der Waals surface area contributed by atoms with Gasteiger partial charge in [0.1, 0.15) is 5.82 Å². The standard InChI is InChI=1S/C12H13ClFN/c13-11-2-1-3-12(14)10(11)7-8-4-5-9(15)6-8/h1-3,7,9H,4-6,15H2. The summed E-state index contributed by atoms with van der Waals surface area (Å²) in [6.07, 6.45) is 4.62. The molecule has 1 aromatic rings. The van der Waals surface area contributed by atoms with Gasteiger partial charge >= 0.3 is 0 Å². The van der Waals surface area contributed by atoms with E-state index >= 15 is 0 Å². The molecule has 0 spiro atoms. The van der Waals surface area contributed by atoms with Crippen LogP contribution in [-0.4, -0.2) is 6.04 Å². The minimum Gasteiger partial charge on any atom is -0.327 e. The fraction of sp³-hybridized carbons (Fsp3) is 0.333. The third-order valence-electron chi connectivity index (χ3n) is 2.71. The lowest BCUT2D eigenvalue weighted by Crippen LogP contribution is -2.13. The Balaban J connectivity index is 2.31. The molecule has 1 aliphatic carbocycles. The van der Waals surface area contributed by atoms with Crippen molar-refractivity contribution in [1.82, 2.24) is 0 Å². The molecule has 1 fully saturated rings. The van der Waals surface area contributed by atoms with Crippen molar-refractivity contribution in [1.29, 1.82) is 0 Å². The van der Waals surface area contributed by atoms with Gasteiger partial charge in [0.05, 0.1) is 5.02 Å². The smallest absolute Gasteiger partial charge is 0.131 e. The van der Waals surface area contributed by atoms with E-state index in [2.05, 4.69) is 0 Å². The summed E-state index contributed by atoms with van der Waals surface area (Å²) in [5, 5.41) is 0.461. The Morgan fingerprint density at radius 1 is 1.47 bits per heavy atom. The summed E-state index contributed by atoms with van der Waals surface area (Å²) >= 11 is 5.93. The molecule has 0 radical (unpaired) electrons. The Morgan fingerprint density at radius 3 is 2.87 bits per heavy atom. The second kappa shape index (κ2) is 4.33. The summed E-state index contributed by atoms with van der Waals surface area (Å²) in [6, 6.07) is 4.96. The zero-order valence-corrected chi connectivity index (χ0v) is 9.10. The Kier molecular flexibility index (Phi) is 3.08. The fourth-order valence-corrected chi connectivity index (χ4v) is 2.11. The number of hydrogen-bond acceptors (Lipinski definition) is 1. The third-order valence-corrected chi connectivity index (χ3v) is 3.04. The summed E-state index contributed by atoms with van der Waals surface area (Å²) in [5.41, 5.74) is 7.47. The zero-order chi connectivity index (χ0) is 10.8. The van der Waals surface area contributed by atoms with Crippen LogP contribution in [0.1, 0.15) is 24.8 Å². The van der Waals surface area contributed by atoms with Crippen LogP contribution in [0.25, 0.3) is 6.08 Å². The number of halogens is 2. The molecular formula is C12H13ClFN. The van der Waals surface area contributed by atoms with Crippen molar-refractivity contribution >= 4 is 17.7 Å². The third kappa shape index (κ3) is 2.39. The van der Waals surface area contributed by atoms with Crippen LogP contribution >= 0.6 is 11.6 Å². The lowest BCUT2D eigenvalue weighted by molar-refractivity contribution is 0.625. The van der Waals surface area contributed by atoms with Crippen molar-refractivity contribution in [3.05, 3.63) is 40.2 Å². The Labute approximate surface area is 93.7 Å². The van der Waals surface area contributed by atoms with Gasteiger partial charge in [-0.3, -0.25) is 0 Å². The molecule has 0 heterocycles. The average Bonchev–Trinajstić information content (AvgIpc) is 2.58. The highest BCUT2D eigenvalue weighted by molar-refractivity contribution is 6.32. The first kappa shape index (κ1) is 10.7. The Morgan fingerprint density at radius 2 is 2.27 bits per heavy atom. The van der Waals surface area contributed by atoms with Crippen LogP contribution in [0.2, 0.25) is 5.02 Å². The van der Waals surface area contributed by atoms with E-state index in [0.717, 1.165) is 19.3 Å². The van der Waals surface area contributed by atoms with Crippen molar-refractivity contribution in [3.8, 4) is 0 Å². The molecule has 1 atom stereocenters. The zero-order valence-electron chi connectivity index (χ0n) is 8.34. The second-order valence-electron chi connectivity index (χ2n) is 3.94. The lowest BCUT2D eigenvalue weighted by Gasteiger charge is -2.02. The number of benzene rings is 1. The topological polar surface area (TPSA) is 26.0 Å². The fourth-order valence-electron chi connectivity index (χ4n) is 1.90. The largest absolute Gasteiger partial charge is 0.327 e. The van der Waals surface area contributed by atoms with Crippen LogP contribution in [0.5, 0.6) is 0 Å². The molecule has 1 aliphatic rings. The minimum absolute atomic E-state index is 0.224. The molecule has 1 saturated carbocycles. The first-order chi connectivity index (χ1) is 7.16. The van der Waals surface area contributed by atoms with Gasteiger partial charge in [0, 0.05) is 11.6 Å². The van der Waals surface area contributed by atoms with Gasteiger partial charge in [-0.2, -0.15) is 0 Å². The van der Waals surface area contributed by atoms with Crippen LogP contribution in [0, 0.1) is 5.82 Å².